The summed E-state index contributed by atoms with van der Waals surface area (Å²) in [5.41, 5.74) is 0.301. The van der Waals surface area contributed by atoms with E-state index in [0.717, 1.165) is 6.07 Å². The molecule has 6 heteroatoms. The van der Waals surface area contributed by atoms with Crippen molar-refractivity contribution in [2.75, 3.05) is 11.9 Å². The van der Waals surface area contributed by atoms with Crippen LogP contribution in [0.25, 0.3) is 0 Å². The number of hydrogen-bond donors (Lipinski definition) is 1. The molecule has 0 saturated heterocycles. The van der Waals surface area contributed by atoms with Gasteiger partial charge in [0.15, 0.2) is 6.61 Å². The Kier molecular flexibility index (Phi) is 5.79. The number of para-hydroxylation sites is 1. The molecule has 136 valence electrons. The first-order valence-corrected chi connectivity index (χ1v) is 8.16. The van der Waals surface area contributed by atoms with Crippen molar-refractivity contribution in [3.8, 4) is 11.5 Å². The van der Waals surface area contributed by atoms with Gasteiger partial charge in [0.05, 0.1) is 5.56 Å². The second kappa shape index (κ2) is 8.62. The Morgan fingerprint density at radius 3 is 2.15 bits per heavy atom. The minimum Gasteiger partial charge on any atom is -0.457 e. The van der Waals surface area contributed by atoms with Crippen LogP contribution in [0.2, 0.25) is 0 Å². The highest BCUT2D eigenvalue weighted by molar-refractivity contribution is 5.95. The maximum absolute atomic E-state index is 13.5. The molecule has 3 rings (SSSR count). The van der Waals surface area contributed by atoms with Gasteiger partial charge in [0.25, 0.3) is 5.91 Å². The summed E-state index contributed by atoms with van der Waals surface area (Å²) >= 11 is 0. The van der Waals surface area contributed by atoms with Crippen LogP contribution >= 0.6 is 0 Å². The van der Waals surface area contributed by atoms with Crippen LogP contribution in [0.3, 0.4) is 0 Å². The van der Waals surface area contributed by atoms with Gasteiger partial charge in [-0.15, -0.1) is 0 Å². The van der Waals surface area contributed by atoms with E-state index in [1.807, 2.05) is 30.3 Å². The lowest BCUT2D eigenvalue weighted by Gasteiger charge is -2.09. The number of amides is 1. The van der Waals surface area contributed by atoms with E-state index in [1.54, 1.807) is 24.3 Å². The van der Waals surface area contributed by atoms with E-state index >= 15 is 0 Å². The fourth-order valence-electron chi connectivity index (χ4n) is 2.26. The van der Waals surface area contributed by atoms with Gasteiger partial charge >= 0.3 is 5.97 Å². The molecule has 1 N–H and O–H groups in total. The molecular formula is C21H16FNO4. The number of rotatable bonds is 6. The Morgan fingerprint density at radius 2 is 1.44 bits per heavy atom. The zero-order valence-electron chi connectivity index (χ0n) is 14.2. The number of ether oxygens (including phenoxy) is 2. The molecule has 3 aromatic carbocycles. The van der Waals surface area contributed by atoms with Crippen LogP contribution in [0.1, 0.15) is 10.4 Å². The Bertz CT molecular complexity index is 926. The topological polar surface area (TPSA) is 64.6 Å². The van der Waals surface area contributed by atoms with Gasteiger partial charge in [-0.3, -0.25) is 4.79 Å². The number of benzene rings is 3. The molecule has 5 nitrogen and oxygen atoms in total. The number of carbonyl (C=O) groups excluding carboxylic acids is 2. The van der Waals surface area contributed by atoms with Gasteiger partial charge in [0, 0.05) is 5.69 Å². The lowest BCUT2D eigenvalue weighted by molar-refractivity contribution is -0.119. The van der Waals surface area contributed by atoms with E-state index in [1.165, 1.54) is 18.2 Å². The zero-order chi connectivity index (χ0) is 19.1. The van der Waals surface area contributed by atoms with E-state index in [9.17, 15) is 14.0 Å². The van der Waals surface area contributed by atoms with E-state index in [-0.39, 0.29) is 5.56 Å². The first-order chi connectivity index (χ1) is 13.1. The standard InChI is InChI=1S/C21H16FNO4/c22-19-9-5-4-8-18(19)21(25)26-14-20(24)23-15-10-12-17(13-11-15)27-16-6-2-1-3-7-16/h1-13H,14H2,(H,23,24). The predicted molar refractivity (Wildman–Crippen MR) is 98.3 cm³/mol. The number of nitrogens with one attached hydrogen (secondary N) is 1. The van der Waals surface area contributed by atoms with E-state index in [0.29, 0.717) is 17.2 Å². The number of carbonyl (C=O) groups is 2. The summed E-state index contributed by atoms with van der Waals surface area (Å²) < 4.78 is 24.0. The van der Waals surface area contributed by atoms with Gasteiger partial charge in [-0.25, -0.2) is 9.18 Å². The fraction of sp³-hybridized carbons (Fsp3) is 0.0476. The SMILES string of the molecule is O=C(COC(=O)c1ccccc1F)Nc1ccc(Oc2ccccc2)cc1. The molecule has 0 aliphatic carbocycles. The molecular weight excluding hydrogens is 349 g/mol. The molecule has 3 aromatic rings. The normalized spacial score (nSPS) is 10.1. The highest BCUT2D eigenvalue weighted by atomic mass is 19.1. The minimum absolute atomic E-state index is 0.215. The van der Waals surface area contributed by atoms with Crippen molar-refractivity contribution in [3.63, 3.8) is 0 Å². The molecule has 0 heterocycles. The van der Waals surface area contributed by atoms with Gasteiger partial charge in [-0.1, -0.05) is 30.3 Å². The van der Waals surface area contributed by atoms with Gasteiger partial charge in [-0.05, 0) is 48.5 Å². The molecule has 0 unspecified atom stereocenters. The van der Waals surface area contributed by atoms with Gasteiger partial charge in [0.1, 0.15) is 17.3 Å². The van der Waals surface area contributed by atoms with E-state index in [2.05, 4.69) is 5.32 Å². The van der Waals surface area contributed by atoms with E-state index in [4.69, 9.17) is 9.47 Å². The summed E-state index contributed by atoms with van der Waals surface area (Å²) in [5.74, 6) is -0.803. The largest absolute Gasteiger partial charge is 0.457 e. The molecule has 0 aliphatic heterocycles. The molecule has 0 fully saturated rings. The fourth-order valence-corrected chi connectivity index (χ4v) is 2.26. The Morgan fingerprint density at radius 1 is 0.815 bits per heavy atom. The third-order valence-electron chi connectivity index (χ3n) is 3.55. The van der Waals surface area contributed by atoms with Crippen LogP contribution in [0.4, 0.5) is 10.1 Å². The van der Waals surface area contributed by atoms with Crippen molar-refractivity contribution >= 4 is 17.6 Å². The average molecular weight is 365 g/mol. The summed E-state index contributed by atoms with van der Waals surface area (Å²) in [7, 11) is 0. The Hall–Kier alpha value is -3.67. The number of halogens is 1. The highest BCUT2D eigenvalue weighted by Crippen LogP contribution is 2.22. The summed E-state index contributed by atoms with van der Waals surface area (Å²) in [6, 6.07) is 21.4. The van der Waals surface area contributed by atoms with Crippen molar-refractivity contribution in [2.24, 2.45) is 0 Å². The Labute approximate surface area is 155 Å². The summed E-state index contributed by atoms with van der Waals surface area (Å²) in [4.78, 5) is 23.7. The maximum Gasteiger partial charge on any atom is 0.341 e. The van der Waals surface area contributed by atoms with Crippen LogP contribution in [-0.2, 0) is 9.53 Å². The average Bonchev–Trinajstić information content (AvgIpc) is 2.69. The van der Waals surface area contributed by atoms with Crippen LogP contribution < -0.4 is 10.1 Å². The first kappa shape index (κ1) is 18.1. The highest BCUT2D eigenvalue weighted by Gasteiger charge is 2.14. The summed E-state index contributed by atoms with van der Waals surface area (Å²) in [6.45, 7) is -0.518. The number of hydrogen-bond acceptors (Lipinski definition) is 4. The van der Waals surface area contributed by atoms with Crippen molar-refractivity contribution in [3.05, 3.63) is 90.2 Å². The van der Waals surface area contributed by atoms with Crippen molar-refractivity contribution in [2.45, 2.75) is 0 Å². The van der Waals surface area contributed by atoms with Crippen LogP contribution in [0.15, 0.2) is 78.9 Å². The first-order valence-electron chi connectivity index (χ1n) is 8.16. The van der Waals surface area contributed by atoms with Crippen molar-refractivity contribution in [1.82, 2.24) is 0 Å². The second-order valence-electron chi connectivity index (χ2n) is 5.54. The quantitative estimate of drug-likeness (QED) is 0.657. The molecule has 0 spiro atoms. The molecule has 0 saturated carbocycles. The van der Waals surface area contributed by atoms with Crippen molar-refractivity contribution < 1.29 is 23.5 Å². The molecule has 27 heavy (non-hydrogen) atoms. The monoisotopic (exact) mass is 365 g/mol. The second-order valence-corrected chi connectivity index (χ2v) is 5.54. The third kappa shape index (κ3) is 5.15. The summed E-state index contributed by atoms with van der Waals surface area (Å²) in [5, 5.41) is 2.59. The van der Waals surface area contributed by atoms with Gasteiger partial charge in [0.2, 0.25) is 0 Å². The molecule has 0 atom stereocenters. The lowest BCUT2D eigenvalue weighted by Crippen LogP contribution is -2.21. The number of anilines is 1. The van der Waals surface area contributed by atoms with E-state index < -0.39 is 24.3 Å². The van der Waals surface area contributed by atoms with Crippen LogP contribution in [0, 0.1) is 5.82 Å². The zero-order valence-corrected chi connectivity index (χ0v) is 14.2. The molecule has 0 aromatic heterocycles. The van der Waals surface area contributed by atoms with Crippen molar-refractivity contribution in [1.29, 1.82) is 0 Å². The molecule has 1 amide bonds. The van der Waals surface area contributed by atoms with Gasteiger partial charge in [-0.2, -0.15) is 0 Å². The number of esters is 1. The molecule has 0 aliphatic rings. The van der Waals surface area contributed by atoms with Crippen LogP contribution in [-0.4, -0.2) is 18.5 Å². The lowest BCUT2D eigenvalue weighted by atomic mass is 10.2. The van der Waals surface area contributed by atoms with Crippen LogP contribution in [0.5, 0.6) is 11.5 Å². The Balaban J connectivity index is 1.50. The van der Waals surface area contributed by atoms with Gasteiger partial charge < -0.3 is 14.8 Å². The summed E-state index contributed by atoms with van der Waals surface area (Å²) in [6.07, 6.45) is 0. The smallest absolute Gasteiger partial charge is 0.341 e. The molecule has 0 radical (unpaired) electrons. The maximum atomic E-state index is 13.5. The predicted octanol–water partition coefficient (Wildman–Crippen LogP) is 4.41. The minimum atomic E-state index is -0.894. The third-order valence-corrected chi connectivity index (χ3v) is 3.55. The molecule has 0 bridgehead atoms.